The van der Waals surface area contributed by atoms with Gasteiger partial charge in [-0.1, -0.05) is 6.42 Å². The number of alkyl halides is 2. The maximum atomic E-state index is 13.3. The van der Waals surface area contributed by atoms with Gasteiger partial charge in [-0.3, -0.25) is 9.35 Å². The van der Waals surface area contributed by atoms with E-state index in [1.807, 2.05) is 6.92 Å². The molecule has 0 aromatic carbocycles. The van der Waals surface area contributed by atoms with Gasteiger partial charge in [-0.25, -0.2) is 0 Å². The van der Waals surface area contributed by atoms with Crippen molar-refractivity contribution in [1.82, 2.24) is 0 Å². The molecule has 3 aliphatic rings. The van der Waals surface area contributed by atoms with Crippen LogP contribution in [0, 0.1) is 29.6 Å². The smallest absolute Gasteiger partial charge is 0.428 e. The average molecular weight is 398 g/mol. The van der Waals surface area contributed by atoms with Crippen molar-refractivity contribution in [3.8, 4) is 0 Å². The third kappa shape index (κ3) is 3.25. The molecule has 0 spiro atoms. The number of halogens is 2. The Kier molecular flexibility index (Phi) is 4.87. The number of esters is 1. The maximum absolute atomic E-state index is 13.3. The first-order valence-corrected chi connectivity index (χ1v) is 10.2. The highest BCUT2D eigenvalue weighted by Crippen LogP contribution is 2.58. The van der Waals surface area contributed by atoms with Crippen molar-refractivity contribution in [2.45, 2.75) is 62.6 Å². The van der Waals surface area contributed by atoms with E-state index in [1.165, 1.54) is 0 Å². The summed E-state index contributed by atoms with van der Waals surface area (Å²) in [6.45, 7) is 1.83. The van der Waals surface area contributed by atoms with Gasteiger partial charge < -0.3 is 14.9 Å². The molecule has 10 heteroatoms. The Morgan fingerprint density at radius 1 is 1.27 bits per heavy atom. The number of carbonyl (C=O) groups is 1. The minimum atomic E-state index is -5.90. The molecule has 3 saturated carbocycles. The van der Waals surface area contributed by atoms with Gasteiger partial charge >= 0.3 is 21.3 Å². The molecule has 0 amide bonds. The number of ether oxygens (including phenoxy) is 1. The number of aliphatic hydroxyl groups excluding tert-OH is 1. The minimum absolute atomic E-state index is 0.0968. The number of rotatable bonds is 5. The second kappa shape index (κ2) is 6.35. The van der Waals surface area contributed by atoms with Crippen LogP contribution in [-0.2, 0) is 19.6 Å². The zero-order valence-corrected chi connectivity index (χ0v) is 15.2. The Morgan fingerprint density at radius 3 is 2.38 bits per heavy atom. The van der Waals surface area contributed by atoms with Gasteiger partial charge in [-0.05, 0) is 62.7 Å². The number of aliphatic hydroxyl groups is 2. The van der Waals surface area contributed by atoms with Crippen molar-refractivity contribution in [2.24, 2.45) is 29.6 Å². The van der Waals surface area contributed by atoms with Crippen LogP contribution >= 0.6 is 0 Å². The summed E-state index contributed by atoms with van der Waals surface area (Å²) in [6.07, 6.45) is 1.18. The second-order valence-corrected chi connectivity index (χ2v) is 9.67. The Morgan fingerprint density at radius 2 is 1.92 bits per heavy atom. The minimum Gasteiger partial charge on any atom is -0.428 e. The summed E-state index contributed by atoms with van der Waals surface area (Å²) in [5.41, 5.74) is -0.723. The van der Waals surface area contributed by atoms with E-state index in [0.29, 0.717) is 12.8 Å². The van der Waals surface area contributed by atoms with Crippen molar-refractivity contribution in [1.29, 1.82) is 0 Å². The first-order chi connectivity index (χ1) is 11.8. The van der Waals surface area contributed by atoms with Gasteiger partial charge in [-0.2, -0.15) is 17.2 Å². The largest absolute Gasteiger partial charge is 0.430 e. The molecule has 7 atom stereocenters. The van der Waals surface area contributed by atoms with Crippen molar-refractivity contribution in [3.63, 3.8) is 0 Å². The fourth-order valence-electron chi connectivity index (χ4n) is 5.35. The molecule has 0 radical (unpaired) electrons. The molecule has 3 fully saturated rings. The van der Waals surface area contributed by atoms with E-state index in [4.69, 9.17) is 4.55 Å². The molecular weight excluding hydrogens is 374 g/mol. The number of hydrogen-bond donors (Lipinski definition) is 3. The van der Waals surface area contributed by atoms with Gasteiger partial charge in [0.05, 0.1) is 11.5 Å². The predicted molar refractivity (Wildman–Crippen MR) is 84.4 cm³/mol. The summed E-state index contributed by atoms with van der Waals surface area (Å²) >= 11 is 0. The third-order valence-corrected chi connectivity index (χ3v) is 7.48. The van der Waals surface area contributed by atoms with Gasteiger partial charge in [-0.15, -0.1) is 0 Å². The first-order valence-electron chi connectivity index (χ1n) is 8.80. The number of hydrogen-bond acceptors (Lipinski definition) is 6. The van der Waals surface area contributed by atoms with Crippen molar-refractivity contribution in [3.05, 3.63) is 0 Å². The Bertz CT molecular complexity index is 678. The summed E-state index contributed by atoms with van der Waals surface area (Å²) in [5, 5.41) is 14.8. The van der Waals surface area contributed by atoms with Crippen LogP contribution in [0.4, 0.5) is 8.78 Å². The molecule has 3 rings (SSSR count). The quantitative estimate of drug-likeness (QED) is 0.365. The molecule has 2 bridgehead atoms. The number of fused-ring (bicyclic) bond motifs is 2. The summed E-state index contributed by atoms with van der Waals surface area (Å²) in [5.74, 6) is -1.26. The maximum Gasteiger partial charge on any atom is 0.430 e. The molecule has 7 unspecified atom stereocenters. The normalized spacial score (nSPS) is 41.4. The van der Waals surface area contributed by atoms with Crippen LogP contribution in [0.25, 0.3) is 0 Å². The van der Waals surface area contributed by atoms with E-state index in [9.17, 15) is 32.2 Å². The molecule has 0 aromatic heterocycles. The van der Waals surface area contributed by atoms with E-state index < -0.39 is 39.2 Å². The first kappa shape index (κ1) is 19.9. The lowest BCUT2D eigenvalue weighted by Gasteiger charge is -2.37. The van der Waals surface area contributed by atoms with Crippen LogP contribution < -0.4 is 0 Å². The molecule has 0 heterocycles. The molecule has 0 aliphatic heterocycles. The highest BCUT2D eigenvalue weighted by Gasteiger charge is 2.57. The lowest BCUT2D eigenvalue weighted by molar-refractivity contribution is -0.210. The highest BCUT2D eigenvalue weighted by atomic mass is 32.2. The van der Waals surface area contributed by atoms with E-state index >= 15 is 0 Å². The second-order valence-electron chi connectivity index (χ2n) is 8.18. The SMILES string of the molecule is CC1(O)CCCC1C1CC2CC1CC2C(=O)OC(O)C(F)(F)S(=O)(=O)O. The fourth-order valence-corrected chi connectivity index (χ4v) is 5.65. The van der Waals surface area contributed by atoms with Crippen LogP contribution in [0.15, 0.2) is 0 Å². The van der Waals surface area contributed by atoms with Crippen LogP contribution in [0.5, 0.6) is 0 Å². The lowest BCUT2D eigenvalue weighted by atomic mass is 9.71. The van der Waals surface area contributed by atoms with Crippen LogP contribution in [0.3, 0.4) is 0 Å². The Hall–Kier alpha value is -0.840. The third-order valence-electron chi connectivity index (χ3n) is 6.59. The zero-order valence-electron chi connectivity index (χ0n) is 14.3. The van der Waals surface area contributed by atoms with Crippen molar-refractivity contribution < 1.29 is 41.5 Å². The van der Waals surface area contributed by atoms with Gasteiger partial charge in [0.25, 0.3) is 6.29 Å². The fraction of sp³-hybridized carbons (Fsp3) is 0.938. The van der Waals surface area contributed by atoms with Gasteiger partial charge in [0.1, 0.15) is 0 Å². The summed E-state index contributed by atoms with van der Waals surface area (Å²) in [7, 11) is -5.90. The van der Waals surface area contributed by atoms with E-state index in [0.717, 1.165) is 25.7 Å². The zero-order chi connectivity index (χ0) is 19.5. The predicted octanol–water partition coefficient (Wildman–Crippen LogP) is 1.54. The molecule has 26 heavy (non-hydrogen) atoms. The van der Waals surface area contributed by atoms with Crippen molar-refractivity contribution in [2.75, 3.05) is 0 Å². The van der Waals surface area contributed by atoms with Crippen LogP contribution in [0.1, 0.15) is 45.4 Å². The topological polar surface area (TPSA) is 121 Å². The van der Waals surface area contributed by atoms with E-state index in [-0.39, 0.29) is 23.7 Å². The molecule has 7 nitrogen and oxygen atoms in total. The number of carbonyl (C=O) groups excluding carboxylic acids is 1. The summed E-state index contributed by atoms with van der Waals surface area (Å²) < 4.78 is 60.6. The molecule has 150 valence electrons. The highest BCUT2D eigenvalue weighted by molar-refractivity contribution is 7.86. The molecule has 0 saturated heterocycles. The van der Waals surface area contributed by atoms with Crippen LogP contribution in [0.2, 0.25) is 0 Å². The lowest BCUT2D eigenvalue weighted by Crippen LogP contribution is -2.45. The monoisotopic (exact) mass is 398 g/mol. The molecule has 3 N–H and O–H groups in total. The van der Waals surface area contributed by atoms with Gasteiger partial charge in [0.15, 0.2) is 0 Å². The van der Waals surface area contributed by atoms with Gasteiger partial charge in [0.2, 0.25) is 0 Å². The van der Waals surface area contributed by atoms with E-state index in [2.05, 4.69) is 4.74 Å². The molecule has 0 aromatic rings. The van der Waals surface area contributed by atoms with Crippen LogP contribution in [-0.4, -0.2) is 46.3 Å². The Balaban J connectivity index is 1.61. The standard InChI is InChI=1S/C16H24F2O7S/c1-15(21)4-2-3-12(15)10-6-9-5-8(10)7-11(9)13(19)25-14(20)16(17,18)26(22,23)24/h8-12,14,20-21H,2-7H2,1H3,(H,22,23,24). The van der Waals surface area contributed by atoms with Crippen molar-refractivity contribution >= 4 is 16.1 Å². The molecule has 3 aliphatic carbocycles. The summed E-state index contributed by atoms with van der Waals surface area (Å²) in [6, 6.07) is 0. The Labute approximate surface area is 150 Å². The average Bonchev–Trinajstić information content (AvgIpc) is 3.18. The summed E-state index contributed by atoms with van der Waals surface area (Å²) in [4.78, 5) is 12.1. The van der Waals surface area contributed by atoms with E-state index in [1.54, 1.807) is 0 Å². The molecular formula is C16H24F2O7S. The van der Waals surface area contributed by atoms with Gasteiger partial charge in [0, 0.05) is 0 Å².